The molecule has 0 aromatic carbocycles. The molecular formula is C18H26N6O2. The van der Waals surface area contributed by atoms with Crippen LogP contribution in [-0.2, 0) is 0 Å². The largest absolute Gasteiger partial charge is 0.335 e. The number of nitrogens with zero attached hydrogens (tertiary/aromatic N) is 6. The molecule has 0 atom stereocenters. The van der Waals surface area contributed by atoms with Gasteiger partial charge in [-0.2, -0.15) is 5.10 Å². The molecule has 0 saturated carbocycles. The van der Waals surface area contributed by atoms with E-state index < -0.39 is 0 Å². The molecule has 0 bridgehead atoms. The smallest absolute Gasteiger partial charge is 0.320 e. The monoisotopic (exact) mass is 358 g/mol. The second kappa shape index (κ2) is 7.31. The van der Waals surface area contributed by atoms with Crippen molar-refractivity contribution in [3.8, 4) is 0 Å². The minimum Gasteiger partial charge on any atom is -0.335 e. The minimum atomic E-state index is -0.0764. The molecule has 1 fully saturated rings. The first-order chi connectivity index (χ1) is 12.5. The number of piperazine rings is 1. The summed E-state index contributed by atoms with van der Waals surface area (Å²) in [6.07, 6.45) is 1.59. The molecule has 1 aliphatic heterocycles. The zero-order valence-corrected chi connectivity index (χ0v) is 15.9. The first kappa shape index (κ1) is 18.2. The van der Waals surface area contributed by atoms with Crippen LogP contribution in [0.25, 0.3) is 5.65 Å². The molecule has 0 radical (unpaired) electrons. The quantitative estimate of drug-likeness (QED) is 0.835. The number of hydrogen-bond donors (Lipinski definition) is 0. The number of carbonyl (C=O) groups excluding carboxylic acids is 2. The van der Waals surface area contributed by atoms with Crippen molar-refractivity contribution in [2.24, 2.45) is 0 Å². The lowest BCUT2D eigenvalue weighted by atomic mass is 10.2. The first-order valence-electron chi connectivity index (χ1n) is 9.11. The molecule has 1 aliphatic rings. The molecule has 3 amide bonds. The van der Waals surface area contributed by atoms with Gasteiger partial charge in [0.1, 0.15) is 5.56 Å². The van der Waals surface area contributed by atoms with Gasteiger partial charge >= 0.3 is 6.03 Å². The number of urea groups is 1. The van der Waals surface area contributed by atoms with Gasteiger partial charge < -0.3 is 14.7 Å². The van der Waals surface area contributed by atoms with Crippen molar-refractivity contribution < 1.29 is 9.59 Å². The number of rotatable bonds is 3. The summed E-state index contributed by atoms with van der Waals surface area (Å²) < 4.78 is 1.69. The van der Waals surface area contributed by atoms with Crippen molar-refractivity contribution in [1.29, 1.82) is 0 Å². The van der Waals surface area contributed by atoms with Crippen LogP contribution in [0.3, 0.4) is 0 Å². The second-order valence-corrected chi connectivity index (χ2v) is 6.57. The Kier molecular flexibility index (Phi) is 5.11. The molecule has 2 aromatic rings. The lowest BCUT2D eigenvalue weighted by Crippen LogP contribution is -2.54. The summed E-state index contributed by atoms with van der Waals surface area (Å²) in [7, 11) is 0. The predicted octanol–water partition coefficient (Wildman–Crippen LogP) is 1.57. The SMILES string of the molecule is CCN(CC)C(=O)N1CCN(C(=O)c2cnn3c(C)cc(C)nc23)CC1. The predicted molar refractivity (Wildman–Crippen MR) is 98.3 cm³/mol. The highest BCUT2D eigenvalue weighted by Gasteiger charge is 2.28. The number of aromatic nitrogens is 3. The lowest BCUT2D eigenvalue weighted by Gasteiger charge is -2.37. The Balaban J connectivity index is 1.72. The van der Waals surface area contributed by atoms with Crippen LogP contribution >= 0.6 is 0 Å². The highest BCUT2D eigenvalue weighted by molar-refractivity contribution is 5.99. The van der Waals surface area contributed by atoms with Gasteiger partial charge in [-0.05, 0) is 33.8 Å². The zero-order valence-electron chi connectivity index (χ0n) is 15.9. The molecule has 140 valence electrons. The third-order valence-electron chi connectivity index (χ3n) is 4.88. The van der Waals surface area contributed by atoms with E-state index in [2.05, 4.69) is 10.1 Å². The maximum absolute atomic E-state index is 12.9. The molecule has 8 heteroatoms. The van der Waals surface area contributed by atoms with Gasteiger partial charge in [0.05, 0.1) is 6.20 Å². The van der Waals surface area contributed by atoms with Gasteiger partial charge in [0.15, 0.2) is 5.65 Å². The topological polar surface area (TPSA) is 74.1 Å². The fraction of sp³-hybridized carbons (Fsp3) is 0.556. The Labute approximate surface area is 153 Å². The fourth-order valence-electron chi connectivity index (χ4n) is 3.39. The van der Waals surface area contributed by atoms with E-state index in [1.54, 1.807) is 20.5 Å². The van der Waals surface area contributed by atoms with Gasteiger partial charge in [-0.3, -0.25) is 4.79 Å². The summed E-state index contributed by atoms with van der Waals surface area (Å²) >= 11 is 0. The first-order valence-corrected chi connectivity index (χ1v) is 9.11. The second-order valence-electron chi connectivity index (χ2n) is 6.57. The molecule has 8 nitrogen and oxygen atoms in total. The van der Waals surface area contributed by atoms with E-state index in [4.69, 9.17) is 0 Å². The lowest BCUT2D eigenvalue weighted by molar-refractivity contribution is 0.0643. The minimum absolute atomic E-state index is 0.0472. The summed E-state index contributed by atoms with van der Waals surface area (Å²) in [6.45, 7) is 11.3. The Bertz CT molecular complexity index is 818. The maximum atomic E-state index is 12.9. The number of amides is 3. The zero-order chi connectivity index (χ0) is 18.8. The Morgan fingerprint density at radius 1 is 1.08 bits per heavy atom. The molecule has 2 aromatic heterocycles. The van der Waals surface area contributed by atoms with Gasteiger partial charge in [0.2, 0.25) is 0 Å². The standard InChI is InChI=1S/C18H26N6O2/c1-5-21(6-2)18(26)23-9-7-22(8-10-23)17(25)15-12-19-24-14(4)11-13(3)20-16(15)24/h11-12H,5-10H2,1-4H3. The van der Waals surface area contributed by atoms with E-state index >= 15 is 0 Å². The van der Waals surface area contributed by atoms with Crippen molar-refractivity contribution in [3.05, 3.63) is 29.2 Å². The molecule has 3 rings (SSSR count). The number of aryl methyl sites for hydroxylation is 2. The van der Waals surface area contributed by atoms with E-state index in [1.165, 1.54) is 0 Å². The van der Waals surface area contributed by atoms with Crippen LogP contribution in [0.2, 0.25) is 0 Å². The third-order valence-corrected chi connectivity index (χ3v) is 4.88. The Hall–Kier alpha value is -2.64. The van der Waals surface area contributed by atoms with Crippen LogP contribution in [0.1, 0.15) is 35.6 Å². The van der Waals surface area contributed by atoms with E-state index in [-0.39, 0.29) is 11.9 Å². The molecule has 1 saturated heterocycles. The average Bonchev–Trinajstić information content (AvgIpc) is 3.06. The van der Waals surface area contributed by atoms with Crippen LogP contribution in [-0.4, -0.2) is 80.5 Å². The van der Waals surface area contributed by atoms with Crippen LogP contribution in [0.5, 0.6) is 0 Å². The van der Waals surface area contributed by atoms with E-state index in [0.717, 1.165) is 11.4 Å². The van der Waals surface area contributed by atoms with Gasteiger partial charge in [-0.15, -0.1) is 0 Å². The van der Waals surface area contributed by atoms with Gasteiger partial charge in [0.25, 0.3) is 5.91 Å². The van der Waals surface area contributed by atoms with Crippen LogP contribution in [0.15, 0.2) is 12.3 Å². The molecule has 0 spiro atoms. The highest BCUT2D eigenvalue weighted by atomic mass is 16.2. The van der Waals surface area contributed by atoms with E-state index in [1.807, 2.05) is 38.7 Å². The van der Waals surface area contributed by atoms with Crippen LogP contribution < -0.4 is 0 Å². The third kappa shape index (κ3) is 3.23. The average molecular weight is 358 g/mol. The van der Waals surface area contributed by atoms with Crippen molar-refractivity contribution in [3.63, 3.8) is 0 Å². The molecule has 0 aliphatic carbocycles. The Morgan fingerprint density at radius 3 is 2.31 bits per heavy atom. The molecular weight excluding hydrogens is 332 g/mol. The van der Waals surface area contributed by atoms with Gasteiger partial charge in [0, 0.05) is 50.7 Å². The summed E-state index contributed by atoms with van der Waals surface area (Å²) in [4.78, 5) is 35.3. The van der Waals surface area contributed by atoms with Crippen molar-refractivity contribution in [1.82, 2.24) is 29.3 Å². The summed E-state index contributed by atoms with van der Waals surface area (Å²) in [5.41, 5.74) is 2.91. The van der Waals surface area contributed by atoms with Gasteiger partial charge in [-0.1, -0.05) is 0 Å². The van der Waals surface area contributed by atoms with E-state index in [0.29, 0.717) is 50.5 Å². The van der Waals surface area contributed by atoms with Crippen molar-refractivity contribution in [2.75, 3.05) is 39.3 Å². The van der Waals surface area contributed by atoms with E-state index in [9.17, 15) is 9.59 Å². The van der Waals surface area contributed by atoms with Crippen molar-refractivity contribution in [2.45, 2.75) is 27.7 Å². The normalized spacial score (nSPS) is 14.8. The van der Waals surface area contributed by atoms with Crippen LogP contribution in [0, 0.1) is 13.8 Å². The number of hydrogen-bond acceptors (Lipinski definition) is 4. The fourth-order valence-corrected chi connectivity index (χ4v) is 3.39. The van der Waals surface area contributed by atoms with Gasteiger partial charge in [-0.25, -0.2) is 14.3 Å². The summed E-state index contributed by atoms with van der Waals surface area (Å²) in [5, 5.41) is 4.30. The number of carbonyl (C=O) groups is 2. The number of fused-ring (bicyclic) bond motifs is 1. The highest BCUT2D eigenvalue weighted by Crippen LogP contribution is 2.16. The molecule has 26 heavy (non-hydrogen) atoms. The van der Waals surface area contributed by atoms with Crippen molar-refractivity contribution >= 4 is 17.6 Å². The Morgan fingerprint density at radius 2 is 1.69 bits per heavy atom. The molecule has 0 unspecified atom stereocenters. The summed E-state index contributed by atoms with van der Waals surface area (Å²) in [5.74, 6) is -0.0764. The molecule has 0 N–H and O–H groups in total. The summed E-state index contributed by atoms with van der Waals surface area (Å²) in [6, 6.07) is 1.98. The molecule has 3 heterocycles. The maximum Gasteiger partial charge on any atom is 0.320 e. The van der Waals surface area contributed by atoms with Crippen LogP contribution in [0.4, 0.5) is 4.79 Å².